The second-order valence-corrected chi connectivity index (χ2v) is 3.92. The molecule has 1 fully saturated rings. The number of ether oxygens (including phenoxy) is 1. The molecule has 80 valence electrons. The summed E-state index contributed by atoms with van der Waals surface area (Å²) in [6.45, 7) is 2.54. The maximum absolute atomic E-state index is 12.0. The van der Waals surface area contributed by atoms with E-state index in [0.717, 1.165) is 24.2 Å². The van der Waals surface area contributed by atoms with Crippen molar-refractivity contribution >= 4 is 5.78 Å². The summed E-state index contributed by atoms with van der Waals surface area (Å²) >= 11 is 0. The molecule has 2 heteroatoms. The van der Waals surface area contributed by atoms with Gasteiger partial charge in [0.25, 0.3) is 0 Å². The highest BCUT2D eigenvalue weighted by Gasteiger charge is 2.27. The predicted molar refractivity (Wildman–Crippen MR) is 59.3 cm³/mol. The van der Waals surface area contributed by atoms with Gasteiger partial charge in [-0.2, -0.15) is 0 Å². The molecule has 15 heavy (non-hydrogen) atoms. The molecule has 0 bridgehead atoms. The summed E-state index contributed by atoms with van der Waals surface area (Å²) in [5, 5.41) is 0. The fraction of sp³-hybridized carbons (Fsp3) is 0.462. The molecular weight excluding hydrogens is 188 g/mol. The van der Waals surface area contributed by atoms with Crippen molar-refractivity contribution in [1.29, 1.82) is 0 Å². The summed E-state index contributed by atoms with van der Waals surface area (Å²) in [6.07, 6.45) is 3.27. The third-order valence-corrected chi connectivity index (χ3v) is 2.93. The van der Waals surface area contributed by atoms with Crippen molar-refractivity contribution in [3.05, 3.63) is 29.8 Å². The number of hydrogen-bond donors (Lipinski definition) is 0. The molecule has 1 aliphatic rings. The van der Waals surface area contributed by atoms with Crippen LogP contribution < -0.4 is 4.74 Å². The third-order valence-electron chi connectivity index (χ3n) is 2.93. The van der Waals surface area contributed by atoms with Gasteiger partial charge in [0.15, 0.2) is 5.78 Å². The van der Waals surface area contributed by atoms with E-state index in [1.165, 1.54) is 6.42 Å². The molecule has 0 spiro atoms. The predicted octanol–water partition coefficient (Wildman–Crippen LogP) is 3.07. The standard InChI is InChI=1S/C13H16O2/c1-2-15-12-9-4-3-8-11(12)13(14)10-6-5-7-10/h3-4,8-10H,2,5-7H2,1H3. The lowest BCUT2D eigenvalue weighted by Crippen LogP contribution is -2.22. The molecule has 0 unspecified atom stereocenters. The first kappa shape index (κ1) is 10.2. The molecule has 1 saturated carbocycles. The monoisotopic (exact) mass is 204 g/mol. The number of para-hydroxylation sites is 1. The van der Waals surface area contributed by atoms with Gasteiger partial charge in [-0.05, 0) is 31.9 Å². The van der Waals surface area contributed by atoms with Crippen LogP contribution in [0.3, 0.4) is 0 Å². The minimum atomic E-state index is 0.242. The lowest BCUT2D eigenvalue weighted by Gasteiger charge is -2.24. The molecule has 1 aliphatic carbocycles. The first-order valence-corrected chi connectivity index (χ1v) is 5.59. The van der Waals surface area contributed by atoms with Crippen LogP contribution in [0.4, 0.5) is 0 Å². The van der Waals surface area contributed by atoms with E-state index in [9.17, 15) is 4.79 Å². The summed E-state index contributed by atoms with van der Waals surface area (Å²) < 4.78 is 5.46. The Morgan fingerprint density at radius 1 is 1.40 bits per heavy atom. The molecule has 0 aliphatic heterocycles. The number of carbonyl (C=O) groups is 1. The number of ketones is 1. The molecule has 0 amide bonds. The van der Waals surface area contributed by atoms with Crippen molar-refractivity contribution in [2.45, 2.75) is 26.2 Å². The summed E-state index contributed by atoms with van der Waals surface area (Å²) in [4.78, 5) is 12.0. The third kappa shape index (κ3) is 2.04. The van der Waals surface area contributed by atoms with E-state index in [1.54, 1.807) is 0 Å². The minimum absolute atomic E-state index is 0.242. The van der Waals surface area contributed by atoms with Gasteiger partial charge < -0.3 is 4.74 Å². The molecule has 0 saturated heterocycles. The quantitative estimate of drug-likeness (QED) is 0.704. The number of rotatable bonds is 4. The van der Waals surface area contributed by atoms with Crippen LogP contribution in [0, 0.1) is 5.92 Å². The first-order valence-electron chi connectivity index (χ1n) is 5.59. The van der Waals surface area contributed by atoms with Crippen LogP contribution >= 0.6 is 0 Å². The second kappa shape index (κ2) is 4.47. The maximum atomic E-state index is 12.0. The zero-order valence-electron chi connectivity index (χ0n) is 9.03. The van der Waals surface area contributed by atoms with Crippen molar-refractivity contribution in [2.75, 3.05) is 6.61 Å². The number of benzene rings is 1. The van der Waals surface area contributed by atoms with E-state index < -0.39 is 0 Å². The minimum Gasteiger partial charge on any atom is -0.493 e. The fourth-order valence-corrected chi connectivity index (χ4v) is 1.84. The van der Waals surface area contributed by atoms with Crippen LogP contribution in [0.15, 0.2) is 24.3 Å². The van der Waals surface area contributed by atoms with E-state index in [4.69, 9.17) is 4.74 Å². The molecule has 0 heterocycles. The topological polar surface area (TPSA) is 26.3 Å². The second-order valence-electron chi connectivity index (χ2n) is 3.92. The van der Waals surface area contributed by atoms with Crippen molar-refractivity contribution in [1.82, 2.24) is 0 Å². The van der Waals surface area contributed by atoms with E-state index in [1.807, 2.05) is 31.2 Å². The Hall–Kier alpha value is -1.31. The number of hydrogen-bond acceptors (Lipinski definition) is 2. The first-order chi connectivity index (χ1) is 7.33. The van der Waals surface area contributed by atoms with Crippen LogP contribution in [0.5, 0.6) is 5.75 Å². The normalized spacial score (nSPS) is 15.8. The Balaban J connectivity index is 2.21. The highest BCUT2D eigenvalue weighted by atomic mass is 16.5. The molecule has 0 aromatic heterocycles. The van der Waals surface area contributed by atoms with Gasteiger partial charge in [0.2, 0.25) is 0 Å². The molecule has 0 atom stereocenters. The van der Waals surface area contributed by atoms with Crippen molar-refractivity contribution < 1.29 is 9.53 Å². The van der Waals surface area contributed by atoms with Crippen molar-refractivity contribution in [3.8, 4) is 5.75 Å². The van der Waals surface area contributed by atoms with Gasteiger partial charge in [0, 0.05) is 5.92 Å². The lowest BCUT2D eigenvalue weighted by atomic mass is 9.80. The maximum Gasteiger partial charge on any atom is 0.169 e. The number of carbonyl (C=O) groups excluding carboxylic acids is 1. The molecule has 0 radical (unpaired) electrons. The van der Waals surface area contributed by atoms with Gasteiger partial charge in [-0.15, -0.1) is 0 Å². The highest BCUT2D eigenvalue weighted by molar-refractivity contribution is 6.00. The zero-order valence-corrected chi connectivity index (χ0v) is 9.03. The molecule has 2 nitrogen and oxygen atoms in total. The molecule has 0 N–H and O–H groups in total. The summed E-state index contributed by atoms with van der Waals surface area (Å²) in [6, 6.07) is 7.54. The van der Waals surface area contributed by atoms with E-state index in [2.05, 4.69) is 0 Å². The van der Waals surface area contributed by atoms with Gasteiger partial charge in [-0.25, -0.2) is 0 Å². The molecule has 2 rings (SSSR count). The molecule has 1 aromatic carbocycles. The molecule has 1 aromatic rings. The zero-order chi connectivity index (χ0) is 10.7. The van der Waals surface area contributed by atoms with E-state index in [-0.39, 0.29) is 11.7 Å². The van der Waals surface area contributed by atoms with Gasteiger partial charge in [-0.3, -0.25) is 4.79 Å². The van der Waals surface area contributed by atoms with Crippen LogP contribution in [0.1, 0.15) is 36.5 Å². The van der Waals surface area contributed by atoms with E-state index in [0.29, 0.717) is 6.61 Å². The van der Waals surface area contributed by atoms with Gasteiger partial charge in [-0.1, -0.05) is 18.6 Å². The van der Waals surface area contributed by atoms with Crippen LogP contribution in [-0.4, -0.2) is 12.4 Å². The Morgan fingerprint density at radius 2 is 2.13 bits per heavy atom. The SMILES string of the molecule is CCOc1ccccc1C(=O)C1CCC1. The summed E-state index contributed by atoms with van der Waals surface area (Å²) in [5.41, 5.74) is 0.754. The summed E-state index contributed by atoms with van der Waals surface area (Å²) in [7, 11) is 0. The lowest BCUT2D eigenvalue weighted by molar-refractivity contribution is 0.0851. The van der Waals surface area contributed by atoms with Gasteiger partial charge in [0.05, 0.1) is 12.2 Å². The van der Waals surface area contributed by atoms with Crippen LogP contribution in [-0.2, 0) is 0 Å². The highest BCUT2D eigenvalue weighted by Crippen LogP contribution is 2.32. The fourth-order valence-electron chi connectivity index (χ4n) is 1.84. The smallest absolute Gasteiger partial charge is 0.169 e. The largest absolute Gasteiger partial charge is 0.493 e. The average Bonchev–Trinajstić information content (AvgIpc) is 2.16. The Kier molecular flexibility index (Phi) is 3.05. The Bertz CT molecular complexity index is 353. The van der Waals surface area contributed by atoms with Crippen LogP contribution in [0.2, 0.25) is 0 Å². The van der Waals surface area contributed by atoms with E-state index >= 15 is 0 Å². The average molecular weight is 204 g/mol. The van der Waals surface area contributed by atoms with Crippen molar-refractivity contribution in [2.24, 2.45) is 5.92 Å². The van der Waals surface area contributed by atoms with Gasteiger partial charge >= 0.3 is 0 Å². The Morgan fingerprint density at radius 3 is 2.73 bits per heavy atom. The summed E-state index contributed by atoms with van der Waals surface area (Å²) in [5.74, 6) is 1.23. The number of Topliss-reactive ketones (excluding diaryl/α,β-unsaturated/α-hetero) is 1. The van der Waals surface area contributed by atoms with Crippen LogP contribution in [0.25, 0.3) is 0 Å². The Labute approximate surface area is 90.3 Å². The van der Waals surface area contributed by atoms with Gasteiger partial charge in [0.1, 0.15) is 5.75 Å². The van der Waals surface area contributed by atoms with Crippen molar-refractivity contribution in [3.63, 3.8) is 0 Å². The molecular formula is C13H16O2.